The van der Waals surface area contributed by atoms with Crippen molar-refractivity contribution < 1.29 is 21.4 Å². The van der Waals surface area contributed by atoms with Gasteiger partial charge in [-0.25, -0.2) is 13.1 Å². The molecule has 0 radical (unpaired) electrons. The predicted molar refractivity (Wildman–Crippen MR) is 134 cm³/mol. The molecule has 0 aliphatic heterocycles. The highest BCUT2D eigenvalue weighted by atomic mass is 32.2. The molecule has 1 aromatic heterocycles. The molecule has 4 rings (SSSR count). The zero-order chi connectivity index (χ0) is 26.1. The van der Waals surface area contributed by atoms with E-state index in [4.69, 9.17) is 4.55 Å². The van der Waals surface area contributed by atoms with Crippen molar-refractivity contribution in [3.63, 3.8) is 0 Å². The number of aryl methyl sites for hydroxylation is 2. The van der Waals surface area contributed by atoms with Gasteiger partial charge < -0.3 is 0 Å². The number of aromatic amines is 1. The Morgan fingerprint density at radius 3 is 2.19 bits per heavy atom. The zero-order valence-electron chi connectivity index (χ0n) is 19.1. The van der Waals surface area contributed by atoms with Crippen LogP contribution >= 0.6 is 0 Å². The lowest BCUT2D eigenvalue weighted by molar-refractivity contribution is 0.483. The highest BCUT2D eigenvalue weighted by Crippen LogP contribution is 2.26. The molecule has 186 valence electrons. The molecule has 1 heterocycles. The van der Waals surface area contributed by atoms with Gasteiger partial charge in [-0.3, -0.25) is 19.2 Å². The first-order valence-electron chi connectivity index (χ1n) is 10.5. The fraction of sp³-hybridized carbons (Fsp3) is 0.0870. The molecule has 0 spiro atoms. The standard InChI is InChI=1S/C23H21N5O6S2/c1-15-8-9-18(24-25-22-16(2)26-28(23(22)29)19-6-4-3-5-7-19)14-21(15)35(30,31)27-17-10-12-20(13-11-17)36(32,33)34/h3-14,26-27H,1-2H3,(H,32,33,34). The summed E-state index contributed by atoms with van der Waals surface area (Å²) in [6.07, 6.45) is 0. The van der Waals surface area contributed by atoms with Crippen LogP contribution in [0.4, 0.5) is 17.1 Å². The van der Waals surface area contributed by atoms with E-state index in [1.807, 2.05) is 6.07 Å². The van der Waals surface area contributed by atoms with E-state index in [-0.39, 0.29) is 26.9 Å². The first-order chi connectivity index (χ1) is 17.0. The summed E-state index contributed by atoms with van der Waals surface area (Å²) in [6, 6.07) is 18.0. The Bertz CT molecular complexity index is 1720. The summed E-state index contributed by atoms with van der Waals surface area (Å²) in [5.74, 6) is 0. The first kappa shape index (κ1) is 25.0. The number of sulfonamides is 1. The van der Waals surface area contributed by atoms with Gasteiger partial charge >= 0.3 is 0 Å². The molecule has 0 saturated carbocycles. The molecule has 0 amide bonds. The predicted octanol–water partition coefficient (Wildman–Crippen LogP) is 4.25. The summed E-state index contributed by atoms with van der Waals surface area (Å²) in [5.41, 5.74) is 1.53. The number of hydrogen-bond acceptors (Lipinski definition) is 7. The fourth-order valence-electron chi connectivity index (χ4n) is 3.37. The van der Waals surface area contributed by atoms with Crippen molar-refractivity contribution >= 4 is 37.2 Å². The molecular weight excluding hydrogens is 506 g/mol. The summed E-state index contributed by atoms with van der Waals surface area (Å²) in [6.45, 7) is 3.28. The first-order valence-corrected chi connectivity index (χ1v) is 13.4. The Kier molecular flexibility index (Phi) is 6.63. The van der Waals surface area contributed by atoms with E-state index < -0.39 is 25.7 Å². The van der Waals surface area contributed by atoms with Gasteiger partial charge in [-0.2, -0.15) is 13.5 Å². The van der Waals surface area contributed by atoms with Gasteiger partial charge in [-0.15, -0.1) is 5.11 Å². The monoisotopic (exact) mass is 527 g/mol. The largest absolute Gasteiger partial charge is 0.299 e. The summed E-state index contributed by atoms with van der Waals surface area (Å²) in [7, 11) is -8.49. The lowest BCUT2D eigenvalue weighted by Crippen LogP contribution is -2.14. The van der Waals surface area contributed by atoms with Crippen LogP contribution in [0.1, 0.15) is 11.3 Å². The van der Waals surface area contributed by atoms with Crippen LogP contribution in [0.15, 0.2) is 97.6 Å². The minimum absolute atomic E-state index is 0.0784. The minimum Gasteiger partial charge on any atom is -0.293 e. The SMILES string of the molecule is Cc1ccc(N=Nc2c(C)[nH]n(-c3ccccc3)c2=O)cc1S(=O)(=O)Nc1ccc(S(=O)(=O)O)cc1. The summed E-state index contributed by atoms with van der Waals surface area (Å²) in [5, 5.41) is 11.1. The molecule has 0 aliphatic rings. The van der Waals surface area contributed by atoms with E-state index in [0.29, 0.717) is 16.9 Å². The number of para-hydroxylation sites is 1. The molecule has 3 aromatic carbocycles. The van der Waals surface area contributed by atoms with Crippen LogP contribution < -0.4 is 10.3 Å². The number of nitrogens with one attached hydrogen (secondary N) is 2. The molecule has 0 fully saturated rings. The molecule has 0 bridgehead atoms. The Hall–Kier alpha value is -4.07. The number of hydrogen-bond donors (Lipinski definition) is 3. The molecule has 0 saturated heterocycles. The van der Waals surface area contributed by atoms with Gasteiger partial charge in [0.15, 0.2) is 5.69 Å². The number of nitrogens with zero attached hydrogens (tertiary/aromatic N) is 3. The molecule has 0 atom stereocenters. The quantitative estimate of drug-likeness (QED) is 0.240. The van der Waals surface area contributed by atoms with E-state index in [0.717, 1.165) is 12.1 Å². The van der Waals surface area contributed by atoms with Gasteiger partial charge in [-0.1, -0.05) is 24.3 Å². The second-order valence-electron chi connectivity index (χ2n) is 7.82. The molecule has 0 aliphatic carbocycles. The van der Waals surface area contributed by atoms with Crippen molar-refractivity contribution in [2.75, 3.05) is 4.72 Å². The normalized spacial score (nSPS) is 12.2. The van der Waals surface area contributed by atoms with Crippen molar-refractivity contribution in [1.29, 1.82) is 0 Å². The Balaban J connectivity index is 1.62. The van der Waals surface area contributed by atoms with Crippen LogP contribution in [-0.2, 0) is 20.1 Å². The third kappa shape index (κ3) is 5.27. The third-order valence-electron chi connectivity index (χ3n) is 5.19. The van der Waals surface area contributed by atoms with Gasteiger partial charge in [0.2, 0.25) is 0 Å². The molecule has 36 heavy (non-hydrogen) atoms. The van der Waals surface area contributed by atoms with Gasteiger partial charge in [-0.05, 0) is 67.9 Å². The zero-order valence-corrected chi connectivity index (χ0v) is 20.7. The smallest absolute Gasteiger partial charge is 0.293 e. The Labute approximate surface area is 206 Å². The van der Waals surface area contributed by atoms with Gasteiger partial charge in [0.25, 0.3) is 25.7 Å². The number of azo groups is 1. The molecule has 4 aromatic rings. The van der Waals surface area contributed by atoms with Gasteiger partial charge in [0, 0.05) is 5.69 Å². The maximum absolute atomic E-state index is 13.0. The van der Waals surface area contributed by atoms with Crippen molar-refractivity contribution in [1.82, 2.24) is 9.78 Å². The molecule has 3 N–H and O–H groups in total. The second-order valence-corrected chi connectivity index (χ2v) is 10.9. The topological polar surface area (TPSA) is 163 Å². The maximum Gasteiger partial charge on any atom is 0.299 e. The van der Waals surface area contributed by atoms with Gasteiger partial charge in [0.1, 0.15) is 0 Å². The summed E-state index contributed by atoms with van der Waals surface area (Å²) in [4.78, 5) is 12.4. The highest BCUT2D eigenvalue weighted by molar-refractivity contribution is 7.92. The fourth-order valence-corrected chi connectivity index (χ4v) is 5.17. The molecule has 13 heteroatoms. The van der Waals surface area contributed by atoms with Crippen LogP contribution in [0.3, 0.4) is 0 Å². The number of benzene rings is 3. The van der Waals surface area contributed by atoms with E-state index in [1.54, 1.807) is 50.2 Å². The van der Waals surface area contributed by atoms with Crippen molar-refractivity contribution in [3.05, 3.63) is 94.4 Å². The van der Waals surface area contributed by atoms with Crippen LogP contribution in [-0.4, -0.2) is 31.2 Å². The van der Waals surface area contributed by atoms with E-state index in [9.17, 15) is 21.6 Å². The van der Waals surface area contributed by atoms with E-state index in [2.05, 4.69) is 20.0 Å². The lowest BCUT2D eigenvalue weighted by Gasteiger charge is -2.11. The molecule has 11 nitrogen and oxygen atoms in total. The Morgan fingerprint density at radius 2 is 1.56 bits per heavy atom. The number of aromatic nitrogens is 2. The van der Waals surface area contributed by atoms with Crippen molar-refractivity contribution in [2.24, 2.45) is 10.2 Å². The van der Waals surface area contributed by atoms with Crippen LogP contribution in [0.25, 0.3) is 5.69 Å². The molecular formula is C23H21N5O6S2. The van der Waals surface area contributed by atoms with Crippen LogP contribution in [0, 0.1) is 13.8 Å². The van der Waals surface area contributed by atoms with Gasteiger partial charge in [0.05, 0.1) is 26.9 Å². The van der Waals surface area contributed by atoms with Crippen molar-refractivity contribution in [3.8, 4) is 5.69 Å². The number of anilines is 1. The average molecular weight is 528 g/mol. The maximum atomic E-state index is 13.0. The molecule has 0 unspecified atom stereocenters. The lowest BCUT2D eigenvalue weighted by atomic mass is 10.2. The third-order valence-corrected chi connectivity index (χ3v) is 7.58. The average Bonchev–Trinajstić information content (AvgIpc) is 3.11. The minimum atomic E-state index is -4.40. The Morgan fingerprint density at radius 1 is 0.889 bits per heavy atom. The summed E-state index contributed by atoms with van der Waals surface area (Å²) >= 11 is 0. The summed E-state index contributed by atoms with van der Waals surface area (Å²) < 4.78 is 61.1. The van der Waals surface area contributed by atoms with Crippen LogP contribution in [0.2, 0.25) is 0 Å². The highest BCUT2D eigenvalue weighted by Gasteiger charge is 2.19. The van der Waals surface area contributed by atoms with Crippen LogP contribution in [0.5, 0.6) is 0 Å². The van der Waals surface area contributed by atoms with Crippen molar-refractivity contribution in [2.45, 2.75) is 23.6 Å². The number of rotatable bonds is 7. The number of H-pyrrole nitrogens is 1. The van der Waals surface area contributed by atoms with E-state index >= 15 is 0 Å². The second kappa shape index (κ2) is 9.53. The van der Waals surface area contributed by atoms with E-state index in [1.165, 1.54) is 22.9 Å².